The molecular weight excluding hydrogens is 408 g/mol. The summed E-state index contributed by atoms with van der Waals surface area (Å²) in [5.74, 6) is 0.0529. The highest BCUT2D eigenvalue weighted by Crippen LogP contribution is 2.34. The van der Waals surface area contributed by atoms with Gasteiger partial charge in [0.1, 0.15) is 5.69 Å². The van der Waals surface area contributed by atoms with Gasteiger partial charge in [0.15, 0.2) is 0 Å². The molecule has 8 heteroatoms. The Morgan fingerprint density at radius 2 is 1.91 bits per heavy atom. The van der Waals surface area contributed by atoms with Crippen molar-refractivity contribution in [3.63, 3.8) is 0 Å². The second-order valence-electron chi connectivity index (χ2n) is 9.04. The fraction of sp³-hybridized carbons (Fsp3) is 0.625. The molecule has 2 aliphatic heterocycles. The van der Waals surface area contributed by atoms with Crippen LogP contribution in [0.15, 0.2) is 30.3 Å². The highest BCUT2D eigenvalue weighted by atomic mass is 16.5. The first-order valence-electron chi connectivity index (χ1n) is 11.6. The highest BCUT2D eigenvalue weighted by Gasteiger charge is 2.41. The van der Waals surface area contributed by atoms with Crippen LogP contribution in [0.25, 0.3) is 0 Å². The van der Waals surface area contributed by atoms with Crippen molar-refractivity contribution in [3.8, 4) is 0 Å². The van der Waals surface area contributed by atoms with Crippen LogP contribution in [0.3, 0.4) is 0 Å². The van der Waals surface area contributed by atoms with Crippen LogP contribution in [0.4, 0.5) is 0 Å². The van der Waals surface area contributed by atoms with E-state index in [4.69, 9.17) is 14.2 Å². The van der Waals surface area contributed by atoms with Crippen LogP contribution in [0.1, 0.15) is 56.5 Å². The Balaban J connectivity index is 1.29. The number of carbonyl (C=O) groups excluding carboxylic acids is 1. The summed E-state index contributed by atoms with van der Waals surface area (Å²) < 4.78 is 19.5. The second-order valence-corrected chi connectivity index (χ2v) is 9.04. The summed E-state index contributed by atoms with van der Waals surface area (Å²) in [6, 6.07) is 9.97. The minimum Gasteiger partial charge on any atom is -0.376 e. The van der Waals surface area contributed by atoms with E-state index in [2.05, 4.69) is 10.3 Å². The lowest BCUT2D eigenvalue weighted by Gasteiger charge is -2.44. The van der Waals surface area contributed by atoms with Gasteiger partial charge in [0.05, 0.1) is 56.3 Å². The number of aromatic nitrogens is 3. The molecule has 1 aromatic heterocycles. The van der Waals surface area contributed by atoms with E-state index >= 15 is 0 Å². The molecule has 1 saturated heterocycles. The number of likely N-dealkylation sites (tertiary alicyclic amines) is 1. The van der Waals surface area contributed by atoms with Crippen molar-refractivity contribution < 1.29 is 19.0 Å². The minimum absolute atomic E-state index is 0.132. The van der Waals surface area contributed by atoms with Gasteiger partial charge >= 0.3 is 0 Å². The molecule has 1 unspecified atom stereocenters. The zero-order chi connectivity index (χ0) is 22.6. The van der Waals surface area contributed by atoms with Gasteiger partial charge in [-0.3, -0.25) is 4.79 Å². The largest absolute Gasteiger partial charge is 0.376 e. The van der Waals surface area contributed by atoms with E-state index < -0.39 is 0 Å². The minimum atomic E-state index is -0.281. The Bertz CT molecular complexity index is 891. The zero-order valence-electron chi connectivity index (χ0n) is 19.3. The van der Waals surface area contributed by atoms with Gasteiger partial charge in [0, 0.05) is 13.1 Å². The molecule has 1 amide bonds. The SMILES string of the molecule is CC(C)OCCOCc1nnn2c1COC1(CCN(C(=O)C(C)c3ccccc3)CC1)C2. The lowest BCUT2D eigenvalue weighted by molar-refractivity contribution is -0.147. The summed E-state index contributed by atoms with van der Waals surface area (Å²) in [6.07, 6.45) is 1.81. The Morgan fingerprint density at radius 3 is 2.62 bits per heavy atom. The van der Waals surface area contributed by atoms with Gasteiger partial charge in [0.25, 0.3) is 0 Å². The second kappa shape index (κ2) is 10.1. The monoisotopic (exact) mass is 442 g/mol. The summed E-state index contributed by atoms with van der Waals surface area (Å²) in [5.41, 5.74) is 2.59. The molecule has 0 saturated carbocycles. The summed E-state index contributed by atoms with van der Waals surface area (Å²) in [7, 11) is 0. The third-order valence-corrected chi connectivity index (χ3v) is 6.45. The molecule has 1 aromatic carbocycles. The summed E-state index contributed by atoms with van der Waals surface area (Å²) >= 11 is 0. The average Bonchev–Trinajstić information content (AvgIpc) is 3.20. The number of ether oxygens (including phenoxy) is 3. The third-order valence-electron chi connectivity index (χ3n) is 6.45. The normalized spacial score (nSPS) is 18.7. The number of rotatable bonds is 8. The first-order valence-corrected chi connectivity index (χ1v) is 11.6. The molecular formula is C24H34N4O4. The van der Waals surface area contributed by atoms with E-state index in [0.29, 0.717) is 46.1 Å². The van der Waals surface area contributed by atoms with E-state index in [1.54, 1.807) is 0 Å². The van der Waals surface area contributed by atoms with E-state index in [1.807, 2.05) is 60.7 Å². The fourth-order valence-electron chi connectivity index (χ4n) is 4.41. The predicted octanol–water partition coefficient (Wildman–Crippen LogP) is 2.91. The van der Waals surface area contributed by atoms with Crippen LogP contribution in [-0.4, -0.2) is 63.8 Å². The molecule has 2 aromatic rings. The van der Waals surface area contributed by atoms with Gasteiger partial charge in [0.2, 0.25) is 5.91 Å². The number of hydrogen-bond donors (Lipinski definition) is 0. The molecule has 32 heavy (non-hydrogen) atoms. The summed E-state index contributed by atoms with van der Waals surface area (Å²) in [4.78, 5) is 15.0. The van der Waals surface area contributed by atoms with Crippen molar-refractivity contribution in [1.82, 2.24) is 19.9 Å². The highest BCUT2D eigenvalue weighted by molar-refractivity contribution is 5.83. The predicted molar refractivity (Wildman–Crippen MR) is 119 cm³/mol. The number of nitrogens with zero attached hydrogens (tertiary/aromatic N) is 4. The number of fused-ring (bicyclic) bond motifs is 1. The number of amides is 1. The maximum absolute atomic E-state index is 13.0. The molecule has 1 fully saturated rings. The van der Waals surface area contributed by atoms with Crippen LogP contribution in [0.2, 0.25) is 0 Å². The van der Waals surface area contributed by atoms with Crippen LogP contribution in [0, 0.1) is 0 Å². The molecule has 0 N–H and O–H groups in total. The van der Waals surface area contributed by atoms with E-state index in [1.165, 1.54) is 0 Å². The molecule has 3 heterocycles. The Labute approximate surface area is 189 Å². The molecule has 0 radical (unpaired) electrons. The number of benzene rings is 1. The molecule has 4 rings (SSSR count). The van der Waals surface area contributed by atoms with Crippen molar-refractivity contribution in [1.29, 1.82) is 0 Å². The summed E-state index contributed by atoms with van der Waals surface area (Å²) in [5, 5.41) is 8.66. The molecule has 8 nitrogen and oxygen atoms in total. The quantitative estimate of drug-likeness (QED) is 0.585. The first kappa shape index (κ1) is 22.9. The Kier molecular flexibility index (Phi) is 7.23. The van der Waals surface area contributed by atoms with Gasteiger partial charge in [-0.05, 0) is 39.2 Å². The van der Waals surface area contributed by atoms with Crippen LogP contribution < -0.4 is 0 Å². The zero-order valence-corrected chi connectivity index (χ0v) is 19.3. The maximum Gasteiger partial charge on any atom is 0.229 e. The van der Waals surface area contributed by atoms with Crippen LogP contribution >= 0.6 is 0 Å². The van der Waals surface area contributed by atoms with Gasteiger partial charge in [-0.1, -0.05) is 35.5 Å². The van der Waals surface area contributed by atoms with Crippen LogP contribution in [0.5, 0.6) is 0 Å². The maximum atomic E-state index is 13.0. The van der Waals surface area contributed by atoms with Crippen molar-refractivity contribution in [3.05, 3.63) is 47.3 Å². The van der Waals surface area contributed by atoms with Gasteiger partial charge in [-0.2, -0.15) is 0 Å². The third kappa shape index (κ3) is 5.19. The number of piperidine rings is 1. The van der Waals surface area contributed by atoms with E-state index in [-0.39, 0.29) is 23.5 Å². The van der Waals surface area contributed by atoms with Crippen molar-refractivity contribution in [2.24, 2.45) is 0 Å². The molecule has 0 aliphatic carbocycles. The van der Waals surface area contributed by atoms with Gasteiger partial charge in [-0.15, -0.1) is 5.10 Å². The van der Waals surface area contributed by atoms with Gasteiger partial charge < -0.3 is 19.1 Å². The van der Waals surface area contributed by atoms with Crippen molar-refractivity contribution in [2.75, 3.05) is 26.3 Å². The van der Waals surface area contributed by atoms with Crippen molar-refractivity contribution in [2.45, 2.75) is 71.0 Å². The lowest BCUT2D eigenvalue weighted by atomic mass is 9.88. The van der Waals surface area contributed by atoms with Crippen LogP contribution in [-0.2, 0) is 38.8 Å². The van der Waals surface area contributed by atoms with E-state index in [0.717, 1.165) is 29.8 Å². The van der Waals surface area contributed by atoms with E-state index in [9.17, 15) is 4.79 Å². The standard InChI is InChI=1S/C24H34N4O4/c1-18(2)31-14-13-30-15-21-22-16-32-24(17-28(22)26-25-21)9-11-27(12-10-24)23(29)19(3)20-7-5-4-6-8-20/h4-8,18-19H,9-17H2,1-3H3. The topological polar surface area (TPSA) is 78.7 Å². The number of hydrogen-bond acceptors (Lipinski definition) is 6. The molecule has 0 bridgehead atoms. The Morgan fingerprint density at radius 1 is 1.16 bits per heavy atom. The first-order chi connectivity index (χ1) is 15.5. The molecule has 174 valence electrons. The molecule has 1 spiro atoms. The Hall–Kier alpha value is -2.29. The number of carbonyl (C=O) groups is 1. The molecule has 1 atom stereocenters. The average molecular weight is 443 g/mol. The fourth-order valence-corrected chi connectivity index (χ4v) is 4.41. The lowest BCUT2D eigenvalue weighted by Crippen LogP contribution is -2.52. The van der Waals surface area contributed by atoms with Crippen molar-refractivity contribution >= 4 is 5.91 Å². The van der Waals surface area contributed by atoms with Gasteiger partial charge in [-0.25, -0.2) is 4.68 Å². The molecule has 2 aliphatic rings. The smallest absolute Gasteiger partial charge is 0.229 e. The summed E-state index contributed by atoms with van der Waals surface area (Å²) in [6.45, 7) is 10.0.